The third-order valence-corrected chi connectivity index (χ3v) is 4.84. The highest BCUT2D eigenvalue weighted by Crippen LogP contribution is 2.16. The van der Waals surface area contributed by atoms with E-state index in [0.717, 1.165) is 0 Å². The number of benzene rings is 2. The molecule has 0 aromatic heterocycles. The monoisotopic (exact) mass is 366 g/mol. The van der Waals surface area contributed by atoms with E-state index in [0.29, 0.717) is 18.0 Å². The third-order valence-electron chi connectivity index (χ3n) is 3.28. The Hall–Kier alpha value is -2.45. The maximum absolute atomic E-state index is 12.9. The number of hydrogen-bond acceptors (Lipinski definition) is 4. The van der Waals surface area contributed by atoms with Gasteiger partial charge >= 0.3 is 0 Å². The van der Waals surface area contributed by atoms with Gasteiger partial charge in [0.15, 0.2) is 0 Å². The van der Waals surface area contributed by atoms with Gasteiger partial charge in [0.05, 0.1) is 17.5 Å². The summed E-state index contributed by atoms with van der Waals surface area (Å²) in [6.07, 6.45) is 0. The van der Waals surface area contributed by atoms with Crippen LogP contribution in [0.1, 0.15) is 13.8 Å². The van der Waals surface area contributed by atoms with Crippen molar-refractivity contribution in [1.82, 2.24) is 4.72 Å². The predicted molar refractivity (Wildman–Crippen MR) is 92.4 cm³/mol. The molecule has 6 nitrogen and oxygen atoms in total. The van der Waals surface area contributed by atoms with Crippen LogP contribution in [0.4, 0.5) is 10.1 Å². The Morgan fingerprint density at radius 3 is 2.28 bits per heavy atom. The summed E-state index contributed by atoms with van der Waals surface area (Å²) >= 11 is 0. The summed E-state index contributed by atoms with van der Waals surface area (Å²) in [5.74, 6) is -0.424. The molecule has 0 aliphatic carbocycles. The van der Waals surface area contributed by atoms with E-state index in [1.807, 2.05) is 6.92 Å². The van der Waals surface area contributed by atoms with Gasteiger partial charge in [0.1, 0.15) is 11.6 Å². The van der Waals surface area contributed by atoms with Gasteiger partial charge in [0, 0.05) is 5.69 Å². The zero-order valence-corrected chi connectivity index (χ0v) is 14.6. The topological polar surface area (TPSA) is 84.5 Å². The van der Waals surface area contributed by atoms with Crippen LogP contribution in [-0.2, 0) is 14.8 Å². The molecule has 0 heterocycles. The standard InChI is InChI=1S/C17H19FN2O4S/c1-3-24-15-8-10-16(11-9-15)25(22,23)20-12(2)17(21)19-14-6-4-13(18)5-7-14/h4-12,20H,3H2,1-2H3,(H,19,21)/t12-/m0/s1. The summed E-state index contributed by atoms with van der Waals surface area (Å²) in [5, 5.41) is 2.52. The van der Waals surface area contributed by atoms with Crippen LogP contribution in [0, 0.1) is 5.82 Å². The average molecular weight is 366 g/mol. The third kappa shape index (κ3) is 5.27. The molecule has 2 N–H and O–H groups in total. The van der Waals surface area contributed by atoms with Crippen molar-refractivity contribution < 1.29 is 22.3 Å². The molecule has 134 valence electrons. The number of carbonyl (C=O) groups is 1. The predicted octanol–water partition coefficient (Wildman–Crippen LogP) is 2.53. The molecule has 1 amide bonds. The first kappa shape index (κ1) is 18.9. The van der Waals surface area contributed by atoms with Crippen LogP contribution in [-0.4, -0.2) is 27.0 Å². The summed E-state index contributed by atoms with van der Waals surface area (Å²) in [7, 11) is -3.86. The van der Waals surface area contributed by atoms with E-state index < -0.39 is 27.8 Å². The molecule has 0 aliphatic heterocycles. The van der Waals surface area contributed by atoms with Crippen molar-refractivity contribution in [2.24, 2.45) is 0 Å². The molecule has 0 bridgehead atoms. The number of amides is 1. The van der Waals surface area contributed by atoms with Crippen molar-refractivity contribution in [3.05, 3.63) is 54.3 Å². The number of halogens is 1. The molecule has 8 heteroatoms. The number of rotatable bonds is 7. The van der Waals surface area contributed by atoms with Gasteiger partial charge in [-0.25, -0.2) is 12.8 Å². The molecule has 0 spiro atoms. The zero-order chi connectivity index (χ0) is 18.4. The number of carbonyl (C=O) groups excluding carboxylic acids is 1. The van der Waals surface area contributed by atoms with Crippen LogP contribution in [0.5, 0.6) is 5.75 Å². The molecule has 2 aromatic carbocycles. The molecule has 0 radical (unpaired) electrons. The lowest BCUT2D eigenvalue weighted by molar-refractivity contribution is -0.117. The highest BCUT2D eigenvalue weighted by molar-refractivity contribution is 7.89. The number of ether oxygens (including phenoxy) is 1. The fourth-order valence-corrected chi connectivity index (χ4v) is 3.22. The summed E-state index contributed by atoms with van der Waals surface area (Å²) in [6.45, 7) is 3.73. The first-order valence-corrected chi connectivity index (χ1v) is 9.12. The molecule has 0 unspecified atom stereocenters. The quantitative estimate of drug-likeness (QED) is 0.789. The second kappa shape index (κ2) is 8.09. The Morgan fingerprint density at radius 2 is 1.72 bits per heavy atom. The van der Waals surface area contributed by atoms with E-state index in [2.05, 4.69) is 10.0 Å². The molecule has 25 heavy (non-hydrogen) atoms. The van der Waals surface area contributed by atoms with Gasteiger partial charge in [-0.1, -0.05) is 0 Å². The molecule has 0 saturated heterocycles. The Balaban J connectivity index is 2.03. The van der Waals surface area contributed by atoms with Gasteiger partial charge in [-0.15, -0.1) is 0 Å². The summed E-state index contributed by atoms with van der Waals surface area (Å²) in [5.41, 5.74) is 0.374. The van der Waals surface area contributed by atoms with E-state index >= 15 is 0 Å². The van der Waals surface area contributed by atoms with Gasteiger partial charge < -0.3 is 10.1 Å². The molecule has 0 fully saturated rings. The maximum atomic E-state index is 12.9. The minimum Gasteiger partial charge on any atom is -0.494 e. The van der Waals surface area contributed by atoms with E-state index in [-0.39, 0.29) is 4.90 Å². The Labute approximate surface area is 146 Å². The first-order valence-electron chi connectivity index (χ1n) is 7.63. The van der Waals surface area contributed by atoms with Crippen molar-refractivity contribution >= 4 is 21.6 Å². The van der Waals surface area contributed by atoms with Crippen molar-refractivity contribution in [3.8, 4) is 5.75 Å². The van der Waals surface area contributed by atoms with Crippen molar-refractivity contribution in [1.29, 1.82) is 0 Å². The molecule has 0 aliphatic rings. The fraction of sp³-hybridized carbons (Fsp3) is 0.235. The Kier molecular flexibility index (Phi) is 6.11. The molecule has 2 rings (SSSR count). The van der Waals surface area contributed by atoms with Crippen LogP contribution < -0.4 is 14.8 Å². The van der Waals surface area contributed by atoms with Crippen LogP contribution >= 0.6 is 0 Å². The van der Waals surface area contributed by atoms with E-state index in [1.54, 1.807) is 12.1 Å². The smallest absolute Gasteiger partial charge is 0.242 e. The van der Waals surface area contributed by atoms with Crippen molar-refractivity contribution in [2.75, 3.05) is 11.9 Å². The normalized spacial score (nSPS) is 12.4. The summed E-state index contributed by atoms with van der Waals surface area (Å²) in [4.78, 5) is 12.1. The lowest BCUT2D eigenvalue weighted by Gasteiger charge is -2.15. The molecule has 1 atom stereocenters. The zero-order valence-electron chi connectivity index (χ0n) is 13.8. The summed E-state index contributed by atoms with van der Waals surface area (Å²) in [6, 6.07) is 10.1. The highest BCUT2D eigenvalue weighted by atomic mass is 32.2. The highest BCUT2D eigenvalue weighted by Gasteiger charge is 2.22. The lowest BCUT2D eigenvalue weighted by atomic mass is 10.3. The van der Waals surface area contributed by atoms with Crippen LogP contribution in [0.2, 0.25) is 0 Å². The van der Waals surface area contributed by atoms with Gasteiger partial charge in [0.2, 0.25) is 15.9 Å². The Bertz CT molecular complexity index is 821. The van der Waals surface area contributed by atoms with Gasteiger partial charge in [-0.05, 0) is 62.4 Å². The number of sulfonamides is 1. The van der Waals surface area contributed by atoms with E-state index in [4.69, 9.17) is 4.74 Å². The second-order valence-corrected chi connectivity index (χ2v) is 6.96. The van der Waals surface area contributed by atoms with Crippen LogP contribution in [0.25, 0.3) is 0 Å². The SMILES string of the molecule is CCOc1ccc(S(=O)(=O)N[C@@H](C)C(=O)Nc2ccc(F)cc2)cc1. The number of hydrogen-bond donors (Lipinski definition) is 2. The fourth-order valence-electron chi connectivity index (χ4n) is 2.02. The lowest BCUT2D eigenvalue weighted by Crippen LogP contribution is -2.41. The van der Waals surface area contributed by atoms with E-state index in [9.17, 15) is 17.6 Å². The summed E-state index contributed by atoms with van der Waals surface area (Å²) < 4.78 is 45.1. The molecule has 0 saturated carbocycles. The maximum Gasteiger partial charge on any atom is 0.242 e. The van der Waals surface area contributed by atoms with Crippen LogP contribution in [0.15, 0.2) is 53.4 Å². The Morgan fingerprint density at radius 1 is 1.12 bits per heavy atom. The average Bonchev–Trinajstić information content (AvgIpc) is 2.57. The number of nitrogens with one attached hydrogen (secondary N) is 2. The van der Waals surface area contributed by atoms with Crippen molar-refractivity contribution in [2.45, 2.75) is 24.8 Å². The molecular weight excluding hydrogens is 347 g/mol. The minimum atomic E-state index is -3.86. The van der Waals surface area contributed by atoms with Gasteiger partial charge in [-0.2, -0.15) is 4.72 Å². The van der Waals surface area contributed by atoms with Crippen molar-refractivity contribution in [3.63, 3.8) is 0 Å². The molecule has 2 aromatic rings. The second-order valence-electron chi connectivity index (χ2n) is 5.24. The largest absolute Gasteiger partial charge is 0.494 e. The number of anilines is 1. The first-order chi connectivity index (χ1) is 11.8. The van der Waals surface area contributed by atoms with Gasteiger partial charge in [0.25, 0.3) is 0 Å². The van der Waals surface area contributed by atoms with E-state index in [1.165, 1.54) is 43.3 Å². The minimum absolute atomic E-state index is 0.0254. The van der Waals surface area contributed by atoms with Gasteiger partial charge in [-0.3, -0.25) is 4.79 Å². The molecular formula is C17H19FN2O4S. The van der Waals surface area contributed by atoms with Crippen LogP contribution in [0.3, 0.4) is 0 Å².